The molecule has 0 spiro atoms. The van der Waals surface area contributed by atoms with E-state index in [1.165, 1.54) is 0 Å². The molecule has 2 aromatic carbocycles. The molecule has 168 valence electrons. The van der Waals surface area contributed by atoms with Crippen LogP contribution in [0.3, 0.4) is 0 Å². The van der Waals surface area contributed by atoms with Crippen LogP contribution >= 0.6 is 0 Å². The van der Waals surface area contributed by atoms with E-state index in [1.54, 1.807) is 6.26 Å². The summed E-state index contributed by atoms with van der Waals surface area (Å²) in [6.07, 6.45) is 3.10. The van der Waals surface area contributed by atoms with Gasteiger partial charge >= 0.3 is 0 Å². The lowest BCUT2D eigenvalue weighted by atomic mass is 10.1. The Morgan fingerprint density at radius 2 is 1.45 bits per heavy atom. The molecule has 0 amide bonds. The molecule has 0 fully saturated rings. The van der Waals surface area contributed by atoms with Gasteiger partial charge in [-0.25, -0.2) is 0 Å². The maximum Gasteiger partial charge on any atom is 0.193 e. The van der Waals surface area contributed by atoms with Gasteiger partial charge in [-0.05, 0) is 35.3 Å². The van der Waals surface area contributed by atoms with Crippen molar-refractivity contribution in [2.45, 2.75) is 70.4 Å². The molecule has 0 N–H and O–H groups in total. The van der Waals surface area contributed by atoms with Crippen LogP contribution in [0, 0.1) is 0 Å². The van der Waals surface area contributed by atoms with Crippen molar-refractivity contribution in [3.63, 3.8) is 0 Å². The van der Waals surface area contributed by atoms with Crippen LogP contribution in [-0.4, -0.2) is 33.2 Å². The maximum absolute atomic E-state index is 6.73. The van der Waals surface area contributed by atoms with Gasteiger partial charge in [-0.3, -0.25) is 0 Å². The van der Waals surface area contributed by atoms with Crippen LogP contribution in [0.25, 0.3) is 0 Å². The monoisotopic (exact) mass is 440 g/mol. The maximum atomic E-state index is 6.73. The molecular weight excluding hydrogens is 404 g/mol. The predicted octanol–water partition coefficient (Wildman–Crippen LogP) is 6.09. The largest absolute Gasteiger partial charge is 0.493 e. The van der Waals surface area contributed by atoms with Gasteiger partial charge in [-0.1, -0.05) is 81.4 Å². The zero-order valence-electron chi connectivity index (χ0n) is 19.4. The molecule has 0 aromatic heterocycles. The summed E-state index contributed by atoms with van der Waals surface area (Å²) >= 11 is 0. The lowest BCUT2D eigenvalue weighted by molar-refractivity contribution is -0.127. The van der Waals surface area contributed by atoms with Crippen molar-refractivity contribution in [2.24, 2.45) is 0 Å². The lowest BCUT2D eigenvalue weighted by Crippen LogP contribution is -2.52. The van der Waals surface area contributed by atoms with E-state index in [0.29, 0.717) is 19.8 Å². The molecule has 0 unspecified atom stereocenters. The van der Waals surface area contributed by atoms with Crippen LogP contribution in [0.5, 0.6) is 0 Å². The molecule has 2 aromatic rings. The van der Waals surface area contributed by atoms with Gasteiger partial charge in [0.25, 0.3) is 0 Å². The highest BCUT2D eigenvalue weighted by atomic mass is 28.4. The first-order valence-corrected chi connectivity index (χ1v) is 13.9. The Morgan fingerprint density at radius 1 is 0.871 bits per heavy atom. The van der Waals surface area contributed by atoms with Crippen molar-refractivity contribution in [3.8, 4) is 0 Å². The van der Waals surface area contributed by atoms with Crippen molar-refractivity contribution < 1.29 is 18.6 Å². The van der Waals surface area contributed by atoms with Gasteiger partial charge in [0.05, 0.1) is 32.2 Å². The first-order chi connectivity index (χ1) is 14.8. The minimum Gasteiger partial charge on any atom is -0.493 e. The summed E-state index contributed by atoms with van der Waals surface area (Å²) in [7, 11) is -1.98. The van der Waals surface area contributed by atoms with Gasteiger partial charge in [0.2, 0.25) is 0 Å². The average molecular weight is 441 g/mol. The van der Waals surface area contributed by atoms with E-state index >= 15 is 0 Å². The minimum atomic E-state index is -1.98. The Balaban J connectivity index is 1.70. The van der Waals surface area contributed by atoms with Crippen molar-refractivity contribution >= 4 is 8.32 Å². The highest BCUT2D eigenvalue weighted by Gasteiger charge is 2.43. The SMILES string of the molecule is CC(C)(C)[Si](C)(C)O[C@@H]1C=CO[C@H](COCc2ccccc2)[C@H]1OCc1ccccc1. The predicted molar refractivity (Wildman–Crippen MR) is 127 cm³/mol. The highest BCUT2D eigenvalue weighted by molar-refractivity contribution is 6.74. The summed E-state index contributed by atoms with van der Waals surface area (Å²) in [5, 5.41) is 0.114. The van der Waals surface area contributed by atoms with Gasteiger partial charge in [-0.15, -0.1) is 0 Å². The van der Waals surface area contributed by atoms with Gasteiger partial charge in [0.15, 0.2) is 8.32 Å². The molecule has 1 aliphatic rings. The molecule has 0 saturated heterocycles. The van der Waals surface area contributed by atoms with E-state index < -0.39 is 8.32 Å². The van der Waals surface area contributed by atoms with Gasteiger partial charge in [0.1, 0.15) is 12.2 Å². The second-order valence-electron chi connectivity index (χ2n) is 9.61. The minimum absolute atomic E-state index is 0.114. The molecule has 0 radical (unpaired) electrons. The second kappa shape index (κ2) is 10.6. The van der Waals surface area contributed by atoms with Gasteiger partial charge < -0.3 is 18.6 Å². The summed E-state index contributed by atoms with van der Waals surface area (Å²) in [6, 6.07) is 20.4. The quantitative estimate of drug-likeness (QED) is 0.442. The smallest absolute Gasteiger partial charge is 0.193 e. The van der Waals surface area contributed by atoms with E-state index in [1.807, 2.05) is 42.5 Å². The normalized spacial score (nSPS) is 21.6. The third-order valence-corrected chi connectivity index (χ3v) is 10.6. The zero-order chi connectivity index (χ0) is 22.3. The summed E-state index contributed by atoms with van der Waals surface area (Å²) in [6.45, 7) is 12.8. The van der Waals surface area contributed by atoms with E-state index in [4.69, 9.17) is 18.6 Å². The molecule has 0 aliphatic carbocycles. The number of hydrogen-bond donors (Lipinski definition) is 0. The average Bonchev–Trinajstić information content (AvgIpc) is 2.74. The van der Waals surface area contributed by atoms with Crippen molar-refractivity contribution in [2.75, 3.05) is 6.61 Å². The van der Waals surface area contributed by atoms with Crippen molar-refractivity contribution in [1.82, 2.24) is 0 Å². The first kappa shape index (κ1) is 23.7. The molecule has 3 atom stereocenters. The summed E-state index contributed by atoms with van der Waals surface area (Å²) in [4.78, 5) is 0. The first-order valence-electron chi connectivity index (χ1n) is 11.0. The molecule has 1 aliphatic heterocycles. The molecule has 1 heterocycles. The second-order valence-corrected chi connectivity index (χ2v) is 14.4. The highest BCUT2D eigenvalue weighted by Crippen LogP contribution is 2.38. The Bertz CT molecular complexity index is 814. The fourth-order valence-electron chi connectivity index (χ4n) is 3.22. The third kappa shape index (κ3) is 6.78. The van der Waals surface area contributed by atoms with E-state index in [-0.39, 0.29) is 23.4 Å². The van der Waals surface area contributed by atoms with Crippen molar-refractivity contribution in [1.29, 1.82) is 0 Å². The Morgan fingerprint density at radius 3 is 2.03 bits per heavy atom. The molecule has 0 saturated carbocycles. The molecular formula is C26H36O4Si. The van der Waals surface area contributed by atoms with Crippen LogP contribution in [0.1, 0.15) is 31.9 Å². The van der Waals surface area contributed by atoms with Gasteiger partial charge in [-0.2, -0.15) is 0 Å². The Hall–Kier alpha value is -1.92. The number of ether oxygens (including phenoxy) is 3. The molecule has 0 bridgehead atoms. The Kier molecular flexibility index (Phi) is 8.11. The van der Waals surface area contributed by atoms with Crippen molar-refractivity contribution in [3.05, 3.63) is 84.1 Å². The standard InChI is InChI=1S/C26H36O4Si/c1-26(2,3)31(4,5)30-23-16-17-28-24(20-27-18-21-12-8-6-9-13-21)25(23)29-19-22-14-10-7-11-15-22/h6-17,23-25H,18-20H2,1-5H3/t23-,24-,25+/m1/s1. The summed E-state index contributed by atoms with van der Waals surface area (Å²) in [5.74, 6) is 0. The lowest BCUT2D eigenvalue weighted by Gasteiger charge is -2.43. The fraction of sp³-hybridized carbons (Fsp3) is 0.462. The number of rotatable bonds is 9. The Labute approximate surface area is 188 Å². The van der Waals surface area contributed by atoms with E-state index in [9.17, 15) is 0 Å². The molecule has 5 heteroatoms. The third-order valence-electron chi connectivity index (χ3n) is 6.13. The zero-order valence-corrected chi connectivity index (χ0v) is 20.4. The summed E-state index contributed by atoms with van der Waals surface area (Å²) < 4.78 is 25.1. The summed E-state index contributed by atoms with van der Waals surface area (Å²) in [5.41, 5.74) is 2.27. The van der Waals surface area contributed by atoms with Crippen LogP contribution in [0.4, 0.5) is 0 Å². The van der Waals surface area contributed by atoms with Crippen LogP contribution < -0.4 is 0 Å². The van der Waals surface area contributed by atoms with Crippen LogP contribution in [0.2, 0.25) is 18.1 Å². The van der Waals surface area contributed by atoms with Crippen LogP contribution in [0.15, 0.2) is 73.0 Å². The molecule has 4 nitrogen and oxygen atoms in total. The number of benzene rings is 2. The number of hydrogen-bond acceptors (Lipinski definition) is 4. The van der Waals surface area contributed by atoms with E-state index in [0.717, 1.165) is 11.1 Å². The fourth-order valence-corrected chi connectivity index (χ4v) is 4.46. The topological polar surface area (TPSA) is 36.9 Å². The van der Waals surface area contributed by atoms with Crippen LogP contribution in [-0.2, 0) is 31.9 Å². The molecule has 31 heavy (non-hydrogen) atoms. The molecule has 3 rings (SSSR count). The van der Waals surface area contributed by atoms with Gasteiger partial charge in [0, 0.05) is 0 Å². The van der Waals surface area contributed by atoms with E-state index in [2.05, 4.69) is 58.1 Å².